The van der Waals surface area contributed by atoms with Gasteiger partial charge in [-0.1, -0.05) is 23.2 Å². The zero-order valence-corrected chi connectivity index (χ0v) is 17.2. The van der Waals surface area contributed by atoms with Crippen LogP contribution in [0.3, 0.4) is 0 Å². The van der Waals surface area contributed by atoms with Crippen molar-refractivity contribution in [2.45, 2.75) is 0 Å². The monoisotopic (exact) mass is 425 g/mol. The van der Waals surface area contributed by atoms with Gasteiger partial charge in [-0.25, -0.2) is 0 Å². The fraction of sp³-hybridized carbons (Fsp3) is 0.0952. The number of fused-ring (bicyclic) bond motifs is 1. The molecule has 0 aliphatic heterocycles. The molecule has 1 heterocycles. The lowest BCUT2D eigenvalue weighted by Gasteiger charge is -2.12. The van der Waals surface area contributed by atoms with Crippen LogP contribution in [0.15, 0.2) is 60.7 Å². The molecule has 0 spiro atoms. The van der Waals surface area contributed by atoms with Crippen molar-refractivity contribution in [3.63, 3.8) is 0 Å². The number of hydrogen-bond donors (Lipinski definition) is 1. The number of carbonyl (C=O) groups is 1. The van der Waals surface area contributed by atoms with Gasteiger partial charge in [0.25, 0.3) is 5.91 Å². The van der Waals surface area contributed by atoms with Crippen LogP contribution in [-0.4, -0.2) is 35.0 Å². The van der Waals surface area contributed by atoms with Crippen LogP contribution in [0.1, 0.15) is 10.4 Å². The molecule has 1 N–H and O–H groups in total. The Balaban J connectivity index is 1.60. The summed E-state index contributed by atoms with van der Waals surface area (Å²) >= 11 is 12.1. The SMILES string of the molecule is CN(C)c1ccc(-n2nc3ccc(NC(=O)c4cc(Cl)ccc4Cl)cc3n2)cc1. The van der Waals surface area contributed by atoms with Crippen molar-refractivity contribution < 1.29 is 4.79 Å². The Morgan fingerprint density at radius 1 is 0.931 bits per heavy atom. The van der Waals surface area contributed by atoms with Crippen molar-refractivity contribution in [1.29, 1.82) is 0 Å². The Morgan fingerprint density at radius 2 is 1.66 bits per heavy atom. The number of carbonyl (C=O) groups excluding carboxylic acids is 1. The van der Waals surface area contributed by atoms with E-state index >= 15 is 0 Å². The van der Waals surface area contributed by atoms with Gasteiger partial charge in [-0.3, -0.25) is 4.79 Å². The molecule has 4 rings (SSSR count). The zero-order chi connectivity index (χ0) is 20.5. The molecule has 3 aromatic carbocycles. The fourth-order valence-electron chi connectivity index (χ4n) is 2.86. The molecule has 0 bridgehead atoms. The average molecular weight is 426 g/mol. The van der Waals surface area contributed by atoms with E-state index in [1.54, 1.807) is 29.1 Å². The maximum absolute atomic E-state index is 12.5. The van der Waals surface area contributed by atoms with E-state index in [0.717, 1.165) is 16.9 Å². The maximum atomic E-state index is 12.5. The molecule has 0 aliphatic rings. The van der Waals surface area contributed by atoms with Gasteiger partial charge in [-0.15, -0.1) is 10.2 Å². The standard InChI is InChI=1S/C21H17Cl2N5O/c1-27(2)15-5-7-16(8-6-15)28-25-19-10-4-14(12-20(19)26-28)24-21(29)17-11-13(22)3-9-18(17)23/h3-12H,1-2H3,(H,24,29). The quantitative estimate of drug-likeness (QED) is 0.496. The molecule has 0 saturated heterocycles. The Labute approximate surface area is 177 Å². The summed E-state index contributed by atoms with van der Waals surface area (Å²) in [5.41, 5.74) is 4.23. The molecule has 0 aliphatic carbocycles. The minimum atomic E-state index is -0.344. The summed E-state index contributed by atoms with van der Waals surface area (Å²) in [6.07, 6.45) is 0. The summed E-state index contributed by atoms with van der Waals surface area (Å²) in [6.45, 7) is 0. The molecule has 0 fully saturated rings. The van der Waals surface area contributed by atoms with Crippen molar-refractivity contribution in [3.8, 4) is 5.69 Å². The summed E-state index contributed by atoms with van der Waals surface area (Å²) in [4.78, 5) is 16.1. The van der Waals surface area contributed by atoms with E-state index in [1.807, 2.05) is 49.3 Å². The maximum Gasteiger partial charge on any atom is 0.257 e. The molecule has 0 atom stereocenters. The molecule has 0 unspecified atom stereocenters. The second kappa shape index (κ2) is 7.73. The van der Waals surface area contributed by atoms with Gasteiger partial charge in [0.05, 0.1) is 16.3 Å². The molecule has 0 radical (unpaired) electrons. The third kappa shape index (κ3) is 4.04. The van der Waals surface area contributed by atoms with Crippen LogP contribution in [0.25, 0.3) is 16.7 Å². The normalized spacial score (nSPS) is 10.9. The van der Waals surface area contributed by atoms with E-state index in [-0.39, 0.29) is 5.91 Å². The highest BCUT2D eigenvalue weighted by molar-refractivity contribution is 6.36. The fourth-order valence-corrected chi connectivity index (χ4v) is 3.24. The predicted molar refractivity (Wildman–Crippen MR) is 118 cm³/mol. The lowest BCUT2D eigenvalue weighted by atomic mass is 10.2. The van der Waals surface area contributed by atoms with Crippen LogP contribution < -0.4 is 10.2 Å². The minimum Gasteiger partial charge on any atom is -0.378 e. The molecule has 8 heteroatoms. The smallest absolute Gasteiger partial charge is 0.257 e. The van der Waals surface area contributed by atoms with Crippen molar-refractivity contribution in [2.24, 2.45) is 0 Å². The summed E-state index contributed by atoms with van der Waals surface area (Å²) < 4.78 is 0. The summed E-state index contributed by atoms with van der Waals surface area (Å²) in [7, 11) is 3.98. The van der Waals surface area contributed by atoms with Crippen molar-refractivity contribution >= 4 is 51.5 Å². The van der Waals surface area contributed by atoms with Gasteiger partial charge >= 0.3 is 0 Å². The second-order valence-corrected chi connectivity index (χ2v) is 7.53. The van der Waals surface area contributed by atoms with E-state index in [4.69, 9.17) is 23.2 Å². The van der Waals surface area contributed by atoms with Gasteiger partial charge in [0.1, 0.15) is 11.0 Å². The van der Waals surface area contributed by atoms with Crippen LogP contribution >= 0.6 is 23.2 Å². The Hall–Kier alpha value is -3.09. The molecular formula is C21H17Cl2N5O. The average Bonchev–Trinajstić information content (AvgIpc) is 3.13. The summed E-state index contributed by atoms with van der Waals surface area (Å²) in [5.74, 6) is -0.344. The van der Waals surface area contributed by atoms with Crippen LogP contribution in [-0.2, 0) is 0 Å². The first-order valence-corrected chi connectivity index (χ1v) is 9.57. The summed E-state index contributed by atoms with van der Waals surface area (Å²) in [6, 6.07) is 18.0. The number of nitrogens with one attached hydrogen (secondary N) is 1. The number of aromatic nitrogens is 3. The number of nitrogens with zero attached hydrogens (tertiary/aromatic N) is 4. The predicted octanol–water partition coefficient (Wildman–Crippen LogP) is 5.05. The highest BCUT2D eigenvalue weighted by Crippen LogP contribution is 2.23. The Morgan fingerprint density at radius 3 is 2.38 bits per heavy atom. The van der Waals surface area contributed by atoms with Gasteiger partial charge in [-0.05, 0) is 60.7 Å². The minimum absolute atomic E-state index is 0.309. The number of rotatable bonds is 4. The van der Waals surface area contributed by atoms with Gasteiger partial charge in [0, 0.05) is 30.5 Å². The molecular weight excluding hydrogens is 409 g/mol. The van der Waals surface area contributed by atoms with Gasteiger partial charge in [0.2, 0.25) is 0 Å². The van der Waals surface area contributed by atoms with Gasteiger partial charge in [0.15, 0.2) is 0 Å². The van der Waals surface area contributed by atoms with Crippen molar-refractivity contribution in [3.05, 3.63) is 76.3 Å². The number of benzene rings is 3. The largest absolute Gasteiger partial charge is 0.378 e. The first-order chi connectivity index (χ1) is 13.9. The van der Waals surface area contributed by atoms with Gasteiger partial charge < -0.3 is 10.2 Å². The highest BCUT2D eigenvalue weighted by atomic mass is 35.5. The Kier molecular flexibility index (Phi) is 5.13. The lowest BCUT2D eigenvalue weighted by molar-refractivity contribution is 0.102. The van der Waals surface area contributed by atoms with Crippen LogP contribution in [0.2, 0.25) is 10.0 Å². The summed E-state index contributed by atoms with van der Waals surface area (Å²) in [5, 5.41) is 12.6. The van der Waals surface area contributed by atoms with Crippen LogP contribution in [0, 0.1) is 0 Å². The van der Waals surface area contributed by atoms with Crippen LogP contribution in [0.4, 0.5) is 11.4 Å². The van der Waals surface area contributed by atoms with E-state index in [2.05, 4.69) is 15.5 Å². The van der Waals surface area contributed by atoms with E-state index in [0.29, 0.717) is 26.8 Å². The molecule has 1 aromatic heterocycles. The molecule has 146 valence electrons. The molecule has 6 nitrogen and oxygen atoms in total. The number of anilines is 2. The third-order valence-corrected chi connectivity index (χ3v) is 4.97. The van der Waals surface area contributed by atoms with Crippen LogP contribution in [0.5, 0.6) is 0 Å². The first kappa shape index (κ1) is 19.2. The number of halogens is 2. The van der Waals surface area contributed by atoms with E-state index in [9.17, 15) is 4.79 Å². The lowest BCUT2D eigenvalue weighted by Crippen LogP contribution is -2.12. The number of hydrogen-bond acceptors (Lipinski definition) is 4. The van der Waals surface area contributed by atoms with Gasteiger partial charge in [-0.2, -0.15) is 4.80 Å². The topological polar surface area (TPSA) is 63.1 Å². The molecule has 4 aromatic rings. The van der Waals surface area contributed by atoms with E-state index < -0.39 is 0 Å². The molecule has 1 amide bonds. The molecule has 29 heavy (non-hydrogen) atoms. The zero-order valence-electron chi connectivity index (χ0n) is 15.7. The third-order valence-electron chi connectivity index (χ3n) is 4.41. The molecule has 0 saturated carbocycles. The van der Waals surface area contributed by atoms with E-state index in [1.165, 1.54) is 6.07 Å². The Bertz CT molecular complexity index is 1200. The number of amides is 1. The van der Waals surface area contributed by atoms with Crippen molar-refractivity contribution in [1.82, 2.24) is 15.0 Å². The highest BCUT2D eigenvalue weighted by Gasteiger charge is 2.13. The first-order valence-electron chi connectivity index (χ1n) is 8.82. The second-order valence-electron chi connectivity index (χ2n) is 6.68. The van der Waals surface area contributed by atoms with Crippen molar-refractivity contribution in [2.75, 3.05) is 24.3 Å².